The number of sulfonamides is 1. The lowest BCUT2D eigenvalue weighted by Gasteiger charge is -2.36. The summed E-state index contributed by atoms with van der Waals surface area (Å²) in [6.45, 7) is 10.9. The Morgan fingerprint density at radius 1 is 1.12 bits per heavy atom. The number of anilines is 1. The van der Waals surface area contributed by atoms with Gasteiger partial charge in [-0.25, -0.2) is 18.4 Å². The Morgan fingerprint density at radius 3 is 2.45 bits per heavy atom. The molecule has 33 heavy (non-hydrogen) atoms. The molecular formula is C25H38N4O3S. The molecule has 1 aromatic carbocycles. The number of aryl methyl sites for hydroxylation is 1. The molecule has 2 heterocycles. The first kappa shape index (κ1) is 25.6. The fourth-order valence-electron chi connectivity index (χ4n) is 4.23. The number of ether oxygens (including phenoxy) is 1. The number of hydrogen-bond donors (Lipinski definition) is 0. The smallest absolute Gasteiger partial charge is 0.214 e. The lowest BCUT2D eigenvalue weighted by atomic mass is 10.0. The van der Waals surface area contributed by atoms with Crippen molar-refractivity contribution >= 4 is 15.8 Å². The molecule has 1 aromatic heterocycles. The number of nitrogens with zero attached hydrogens (tertiary/aromatic N) is 4. The number of piperazine rings is 1. The Hall–Kier alpha value is -2.03. The van der Waals surface area contributed by atoms with E-state index in [1.54, 1.807) is 11.4 Å². The molecule has 2 aromatic rings. The lowest BCUT2D eigenvalue weighted by Crippen LogP contribution is -2.50. The van der Waals surface area contributed by atoms with Crippen LogP contribution >= 0.6 is 0 Å². The Balaban J connectivity index is 1.99. The quantitative estimate of drug-likeness (QED) is 0.520. The van der Waals surface area contributed by atoms with Gasteiger partial charge in [-0.15, -0.1) is 0 Å². The fraction of sp³-hybridized carbons (Fsp3) is 0.600. The van der Waals surface area contributed by atoms with Crippen molar-refractivity contribution in [3.63, 3.8) is 0 Å². The maximum absolute atomic E-state index is 12.6. The molecule has 1 aliphatic heterocycles. The van der Waals surface area contributed by atoms with Crippen LogP contribution in [0.15, 0.2) is 24.3 Å². The van der Waals surface area contributed by atoms with Crippen molar-refractivity contribution in [3.05, 3.63) is 52.5 Å². The summed E-state index contributed by atoms with van der Waals surface area (Å²) >= 11 is 0. The number of hydrogen-bond acceptors (Lipinski definition) is 6. The fourth-order valence-corrected chi connectivity index (χ4v) is 5.72. The molecule has 0 amide bonds. The monoisotopic (exact) mass is 474 g/mol. The van der Waals surface area contributed by atoms with E-state index in [-0.39, 0.29) is 11.7 Å². The summed E-state index contributed by atoms with van der Waals surface area (Å²) in [5.74, 6) is 2.18. The molecule has 0 saturated carbocycles. The van der Waals surface area contributed by atoms with Crippen LogP contribution < -0.4 is 4.90 Å². The second-order valence-electron chi connectivity index (χ2n) is 8.94. The van der Waals surface area contributed by atoms with E-state index in [0.717, 1.165) is 29.3 Å². The van der Waals surface area contributed by atoms with Crippen LogP contribution in [0.25, 0.3) is 0 Å². The third-order valence-corrected chi connectivity index (χ3v) is 8.36. The Bertz CT molecular complexity index is 1030. The van der Waals surface area contributed by atoms with Gasteiger partial charge in [0.05, 0.1) is 18.1 Å². The normalized spacial score (nSPS) is 16.2. The molecule has 182 valence electrons. The first-order valence-electron chi connectivity index (χ1n) is 12.0. The van der Waals surface area contributed by atoms with Gasteiger partial charge >= 0.3 is 0 Å². The molecule has 1 atom stereocenters. The van der Waals surface area contributed by atoms with Crippen molar-refractivity contribution < 1.29 is 13.2 Å². The minimum absolute atomic E-state index is 0.204. The number of methoxy groups -OCH3 is 1. The number of aromatic nitrogens is 2. The molecule has 1 saturated heterocycles. The van der Waals surface area contributed by atoms with Crippen LogP contribution in [0.4, 0.5) is 5.82 Å². The second kappa shape index (κ2) is 11.4. The lowest BCUT2D eigenvalue weighted by molar-refractivity contribution is 0.180. The predicted octanol–water partition coefficient (Wildman–Crippen LogP) is 3.90. The zero-order valence-electron chi connectivity index (χ0n) is 20.7. The molecule has 0 radical (unpaired) electrons. The van der Waals surface area contributed by atoms with Crippen molar-refractivity contribution in [2.75, 3.05) is 43.9 Å². The second-order valence-corrected chi connectivity index (χ2v) is 11.0. The van der Waals surface area contributed by atoms with Crippen LogP contribution in [-0.2, 0) is 27.8 Å². The predicted molar refractivity (Wildman–Crippen MR) is 133 cm³/mol. The van der Waals surface area contributed by atoms with Crippen LogP contribution in [0.5, 0.6) is 0 Å². The summed E-state index contributed by atoms with van der Waals surface area (Å²) in [6.07, 6.45) is 2.30. The van der Waals surface area contributed by atoms with Crippen LogP contribution in [0.1, 0.15) is 67.7 Å². The molecular weight excluding hydrogens is 436 g/mol. The van der Waals surface area contributed by atoms with E-state index in [4.69, 9.17) is 14.7 Å². The van der Waals surface area contributed by atoms with Gasteiger partial charge in [-0.05, 0) is 25.3 Å². The van der Waals surface area contributed by atoms with E-state index in [1.807, 2.05) is 6.92 Å². The highest BCUT2D eigenvalue weighted by Crippen LogP contribution is 2.29. The molecule has 0 aliphatic carbocycles. The third kappa shape index (κ3) is 6.31. The summed E-state index contributed by atoms with van der Waals surface area (Å²) in [4.78, 5) is 12.2. The largest absolute Gasteiger partial charge is 0.378 e. The Labute approximate surface area is 199 Å². The van der Waals surface area contributed by atoms with Crippen molar-refractivity contribution in [3.8, 4) is 0 Å². The van der Waals surface area contributed by atoms with Crippen LogP contribution in [0.3, 0.4) is 0 Å². The van der Waals surface area contributed by atoms with E-state index in [0.29, 0.717) is 45.6 Å². The average molecular weight is 475 g/mol. The molecule has 8 heteroatoms. The van der Waals surface area contributed by atoms with E-state index in [2.05, 4.69) is 49.9 Å². The van der Waals surface area contributed by atoms with Crippen LogP contribution in [0, 0.1) is 6.92 Å². The topological polar surface area (TPSA) is 75.6 Å². The summed E-state index contributed by atoms with van der Waals surface area (Å²) in [6, 6.07) is 8.49. The summed E-state index contributed by atoms with van der Waals surface area (Å²) in [5, 5.41) is 0. The van der Waals surface area contributed by atoms with Crippen molar-refractivity contribution in [1.82, 2.24) is 14.3 Å². The SMILES string of the molecule is CCCS(=O)(=O)N1CCN(c2nc([C@@H](C)CC)nc(COC)c2Cc2cccc(C)c2)CC1. The van der Waals surface area contributed by atoms with Gasteiger partial charge in [0.25, 0.3) is 0 Å². The van der Waals surface area contributed by atoms with Crippen LogP contribution in [-0.4, -0.2) is 61.7 Å². The van der Waals surface area contributed by atoms with Crippen molar-refractivity contribution in [2.24, 2.45) is 0 Å². The molecule has 0 unspecified atom stereocenters. The maximum Gasteiger partial charge on any atom is 0.214 e. The van der Waals surface area contributed by atoms with E-state index in [1.165, 1.54) is 11.1 Å². The van der Waals surface area contributed by atoms with Gasteiger partial charge in [-0.2, -0.15) is 4.31 Å². The molecule has 0 bridgehead atoms. The number of benzene rings is 1. The first-order chi connectivity index (χ1) is 15.8. The minimum Gasteiger partial charge on any atom is -0.378 e. The van der Waals surface area contributed by atoms with Crippen LogP contribution in [0.2, 0.25) is 0 Å². The van der Waals surface area contributed by atoms with E-state index in [9.17, 15) is 8.42 Å². The average Bonchev–Trinajstić information content (AvgIpc) is 2.80. The first-order valence-corrected chi connectivity index (χ1v) is 13.6. The van der Waals surface area contributed by atoms with Crippen molar-refractivity contribution in [2.45, 2.75) is 59.5 Å². The van der Waals surface area contributed by atoms with Gasteiger partial charge < -0.3 is 9.64 Å². The standard InChI is InChI=1S/C25H38N4O3S/c1-6-15-33(30,31)29-13-11-28(12-14-29)25-22(17-21-10-8-9-19(3)16-21)23(18-32-5)26-24(27-25)20(4)7-2/h8-10,16,20H,6-7,11-15,17-18H2,1-5H3/t20-/m0/s1. The van der Waals surface area contributed by atoms with Gasteiger partial charge in [-0.1, -0.05) is 50.6 Å². The Kier molecular flexibility index (Phi) is 8.84. The third-order valence-electron chi connectivity index (χ3n) is 6.28. The van der Waals surface area contributed by atoms with E-state index < -0.39 is 10.0 Å². The summed E-state index contributed by atoms with van der Waals surface area (Å²) < 4.78 is 32.3. The van der Waals surface area contributed by atoms with Gasteiger partial charge in [-0.3, -0.25) is 0 Å². The molecule has 0 spiro atoms. The summed E-state index contributed by atoms with van der Waals surface area (Å²) in [5.41, 5.74) is 4.41. The highest BCUT2D eigenvalue weighted by Gasteiger charge is 2.29. The molecule has 1 fully saturated rings. The Morgan fingerprint density at radius 2 is 1.85 bits per heavy atom. The highest BCUT2D eigenvalue weighted by molar-refractivity contribution is 7.89. The molecule has 0 N–H and O–H groups in total. The zero-order chi connectivity index (χ0) is 24.0. The van der Waals surface area contributed by atoms with Crippen molar-refractivity contribution in [1.29, 1.82) is 0 Å². The van der Waals surface area contributed by atoms with Gasteiger partial charge in [0, 0.05) is 51.2 Å². The van der Waals surface area contributed by atoms with E-state index >= 15 is 0 Å². The van der Waals surface area contributed by atoms with Gasteiger partial charge in [0.15, 0.2) is 0 Å². The molecule has 7 nitrogen and oxygen atoms in total. The highest BCUT2D eigenvalue weighted by atomic mass is 32.2. The van der Waals surface area contributed by atoms with Gasteiger partial charge in [0.1, 0.15) is 11.6 Å². The summed E-state index contributed by atoms with van der Waals surface area (Å²) in [7, 11) is -1.50. The molecule has 3 rings (SSSR count). The molecule has 1 aliphatic rings. The number of rotatable bonds is 10. The maximum atomic E-state index is 12.6. The van der Waals surface area contributed by atoms with Gasteiger partial charge in [0.2, 0.25) is 10.0 Å². The minimum atomic E-state index is -3.19. The zero-order valence-corrected chi connectivity index (χ0v) is 21.5.